The van der Waals surface area contributed by atoms with Gasteiger partial charge in [-0.15, -0.1) is 11.8 Å². The van der Waals surface area contributed by atoms with Gasteiger partial charge in [-0.05, 0) is 87.4 Å². The van der Waals surface area contributed by atoms with Gasteiger partial charge in [-0.25, -0.2) is 28.1 Å². The number of carbonyl (C=O) groups is 4. The van der Waals surface area contributed by atoms with Crippen molar-refractivity contribution >= 4 is 49.6 Å². The fourth-order valence-electron chi connectivity index (χ4n) is 4.35. The third-order valence-electron chi connectivity index (χ3n) is 6.46. The second kappa shape index (κ2) is 16.9. The van der Waals surface area contributed by atoms with Gasteiger partial charge in [0.2, 0.25) is 0 Å². The number of aromatic nitrogens is 2. The van der Waals surface area contributed by atoms with Crippen LogP contribution in [0.25, 0.3) is 0 Å². The topological polar surface area (TPSA) is 211 Å². The zero-order valence-corrected chi connectivity index (χ0v) is 32.8. The van der Waals surface area contributed by atoms with Crippen molar-refractivity contribution in [3.8, 4) is 5.75 Å². The first kappa shape index (κ1) is 43.2. The zero-order valence-electron chi connectivity index (χ0n) is 31.1. The number of hydrogen-bond donors (Lipinski definition) is 2. The Morgan fingerprint density at radius 3 is 2.00 bits per heavy atom. The summed E-state index contributed by atoms with van der Waals surface area (Å²) in [4.78, 5) is 68.3. The Bertz CT molecular complexity index is 1710. The maximum Gasteiger partial charge on any atom is 0.509 e. The van der Waals surface area contributed by atoms with Crippen LogP contribution in [0.15, 0.2) is 47.4 Å². The molecular formula is C33H46FN4O13PS. The normalized spacial score (nSPS) is 20.7. The Hall–Kier alpha value is -4.19. The molecule has 20 heteroatoms. The van der Waals surface area contributed by atoms with Crippen molar-refractivity contribution < 1.29 is 61.2 Å². The van der Waals surface area contributed by atoms with Gasteiger partial charge in [0.15, 0.2) is 18.1 Å². The second-order valence-electron chi connectivity index (χ2n) is 14.7. The average Bonchev–Trinajstić information content (AvgIpc) is 3.28. The lowest BCUT2D eigenvalue weighted by molar-refractivity contribution is -0.138. The van der Waals surface area contributed by atoms with Crippen LogP contribution in [0.1, 0.15) is 74.6 Å². The lowest BCUT2D eigenvalue weighted by atomic mass is 10.1. The molecule has 1 aliphatic rings. The van der Waals surface area contributed by atoms with Gasteiger partial charge < -0.3 is 28.6 Å². The summed E-state index contributed by atoms with van der Waals surface area (Å²) in [5, 5.41) is 9.11. The summed E-state index contributed by atoms with van der Waals surface area (Å²) in [5.74, 6) is -1.79. The lowest BCUT2D eigenvalue weighted by Gasteiger charge is -2.28. The standard InChI is InChI=1S/C33H46FN4O13PS/c1-19(26(39)40)36-52(45,51-20-14-12-11-13-15-20)46-18-21-24(47-30(44)50-33(8,9)10)23(34)25(53-21)37-17-16-22(35-27(37)41)38(28(42)48-31(2,3)4)29(43)49-32(5,6)7/h11-17,19,21,23-25H,18H2,1-10H3,(H,36,45)(H,39,40)/t19?,21-,23+,24-,25-,52?/m1/s1. The van der Waals surface area contributed by atoms with Crippen LogP contribution in [-0.2, 0) is 32.8 Å². The number of para-hydroxylation sites is 1. The minimum Gasteiger partial charge on any atom is -0.480 e. The van der Waals surface area contributed by atoms with E-state index in [2.05, 4.69) is 10.1 Å². The first-order valence-corrected chi connectivity index (χ1v) is 18.8. The van der Waals surface area contributed by atoms with Crippen molar-refractivity contribution in [2.24, 2.45) is 0 Å². The number of imide groups is 1. The number of ether oxygens (including phenoxy) is 4. The molecule has 1 aromatic heterocycles. The van der Waals surface area contributed by atoms with Crippen molar-refractivity contribution in [1.82, 2.24) is 14.6 Å². The number of thioether (sulfide) groups is 1. The van der Waals surface area contributed by atoms with Gasteiger partial charge in [-0.3, -0.25) is 13.9 Å². The summed E-state index contributed by atoms with van der Waals surface area (Å²) in [7, 11) is -4.50. The molecule has 0 radical (unpaired) electrons. The number of halogens is 1. The maximum atomic E-state index is 16.4. The van der Waals surface area contributed by atoms with E-state index < -0.39 is 95.9 Å². The molecule has 2 heterocycles. The van der Waals surface area contributed by atoms with Crippen molar-refractivity contribution in [3.63, 3.8) is 0 Å². The fourth-order valence-corrected chi connectivity index (χ4v) is 7.43. The van der Waals surface area contributed by atoms with Crippen molar-refractivity contribution in [2.45, 2.75) is 115 Å². The predicted octanol–water partition coefficient (Wildman–Crippen LogP) is 6.46. The average molecular weight is 789 g/mol. The Labute approximate surface area is 310 Å². The van der Waals surface area contributed by atoms with E-state index in [0.717, 1.165) is 28.6 Å². The largest absolute Gasteiger partial charge is 0.509 e. The predicted molar refractivity (Wildman–Crippen MR) is 191 cm³/mol. The van der Waals surface area contributed by atoms with E-state index in [4.69, 9.17) is 28.0 Å². The first-order valence-electron chi connectivity index (χ1n) is 16.3. The maximum absolute atomic E-state index is 16.4. The van der Waals surface area contributed by atoms with E-state index in [0.29, 0.717) is 4.90 Å². The fraction of sp³-hybridized carbons (Fsp3) is 0.576. The summed E-state index contributed by atoms with van der Waals surface area (Å²) in [6.45, 7) is 14.6. The molecule has 0 aliphatic carbocycles. The number of anilines is 1. The van der Waals surface area contributed by atoms with Gasteiger partial charge >= 0.3 is 37.7 Å². The third-order valence-corrected chi connectivity index (χ3v) is 9.62. The SMILES string of the molecule is CC(NP(=O)(OC[C@H]1S[C@@H](n2ccc(N(C(=O)OC(C)(C)C)C(=O)OC(C)(C)C)nc2=O)[C@@H](F)[C@@H]1OC(=O)OC(C)(C)C)Oc1ccccc1)C(=O)O. The Balaban J connectivity index is 1.99. The number of alkyl halides is 1. The number of nitrogens with one attached hydrogen (secondary N) is 1. The zero-order chi connectivity index (χ0) is 40.1. The first-order chi connectivity index (χ1) is 24.3. The number of nitrogens with zero attached hydrogens (tertiary/aromatic N) is 3. The number of carboxylic acid groups (broad SMARTS) is 1. The summed E-state index contributed by atoms with van der Waals surface area (Å²) in [6, 6.07) is 7.39. The van der Waals surface area contributed by atoms with Crippen molar-refractivity contribution in [1.29, 1.82) is 0 Å². The highest BCUT2D eigenvalue weighted by Crippen LogP contribution is 2.49. The smallest absolute Gasteiger partial charge is 0.480 e. The van der Waals surface area contributed by atoms with E-state index in [1.54, 1.807) is 80.5 Å². The molecule has 2 N–H and O–H groups in total. The number of aliphatic carboxylic acids is 1. The van der Waals surface area contributed by atoms with Crippen LogP contribution in [0.4, 0.5) is 24.6 Å². The van der Waals surface area contributed by atoms with Gasteiger partial charge in [-0.1, -0.05) is 18.2 Å². The number of carbonyl (C=O) groups excluding carboxylic acids is 3. The molecule has 0 saturated carbocycles. The van der Waals surface area contributed by atoms with Gasteiger partial charge in [0.25, 0.3) is 0 Å². The molecule has 294 valence electrons. The van der Waals surface area contributed by atoms with Crippen LogP contribution in [0.2, 0.25) is 0 Å². The van der Waals surface area contributed by atoms with Crippen LogP contribution in [0.3, 0.4) is 0 Å². The van der Waals surface area contributed by atoms with Crippen LogP contribution in [0.5, 0.6) is 5.75 Å². The number of rotatable bonds is 11. The summed E-state index contributed by atoms with van der Waals surface area (Å²) in [6.07, 6.45) is -6.36. The van der Waals surface area contributed by atoms with E-state index in [-0.39, 0.29) is 5.75 Å². The quantitative estimate of drug-likeness (QED) is 0.142. The molecule has 1 saturated heterocycles. The van der Waals surface area contributed by atoms with E-state index >= 15 is 4.39 Å². The highest BCUT2D eigenvalue weighted by molar-refractivity contribution is 8.00. The molecular weight excluding hydrogens is 742 g/mol. The number of benzene rings is 1. The van der Waals surface area contributed by atoms with Crippen molar-refractivity contribution in [3.05, 3.63) is 53.1 Å². The van der Waals surface area contributed by atoms with E-state index in [9.17, 15) is 33.6 Å². The lowest BCUT2D eigenvalue weighted by Crippen LogP contribution is -2.45. The van der Waals surface area contributed by atoms with Crippen LogP contribution in [0, 0.1) is 0 Å². The molecule has 1 aliphatic heterocycles. The van der Waals surface area contributed by atoms with Crippen molar-refractivity contribution in [2.75, 3.05) is 11.5 Å². The van der Waals surface area contributed by atoms with Crippen LogP contribution >= 0.6 is 19.5 Å². The third kappa shape index (κ3) is 13.0. The summed E-state index contributed by atoms with van der Waals surface area (Å²) in [5.41, 5.74) is -4.24. The Morgan fingerprint density at radius 2 is 1.51 bits per heavy atom. The Morgan fingerprint density at radius 1 is 0.962 bits per heavy atom. The molecule has 1 aromatic carbocycles. The highest BCUT2D eigenvalue weighted by Gasteiger charge is 2.50. The molecule has 2 unspecified atom stereocenters. The molecule has 0 spiro atoms. The highest BCUT2D eigenvalue weighted by atomic mass is 32.2. The monoisotopic (exact) mass is 788 g/mol. The number of amides is 2. The minimum atomic E-state index is -4.50. The summed E-state index contributed by atoms with van der Waals surface area (Å²) >= 11 is 0.741. The van der Waals surface area contributed by atoms with E-state index in [1.165, 1.54) is 19.1 Å². The second-order valence-corrected chi connectivity index (χ2v) is 17.8. The molecule has 17 nitrogen and oxygen atoms in total. The number of carboxylic acids is 1. The molecule has 3 rings (SSSR count). The van der Waals surface area contributed by atoms with Crippen LogP contribution < -0.4 is 20.2 Å². The molecule has 1 fully saturated rings. The van der Waals surface area contributed by atoms with Gasteiger partial charge in [0.05, 0.1) is 11.9 Å². The van der Waals surface area contributed by atoms with Gasteiger partial charge in [0.1, 0.15) is 34.0 Å². The van der Waals surface area contributed by atoms with E-state index in [1.807, 2.05) is 0 Å². The molecule has 2 aromatic rings. The molecule has 2 amide bonds. The Kier molecular flexibility index (Phi) is 13.8. The van der Waals surface area contributed by atoms with Gasteiger partial charge in [-0.2, -0.15) is 15.0 Å². The molecule has 6 atom stereocenters. The minimum absolute atomic E-state index is 0.0623. The number of hydrogen-bond acceptors (Lipinski definition) is 14. The molecule has 53 heavy (non-hydrogen) atoms. The molecule has 0 bridgehead atoms. The summed E-state index contributed by atoms with van der Waals surface area (Å²) < 4.78 is 63.5. The van der Waals surface area contributed by atoms with Crippen LogP contribution in [-0.4, -0.2) is 85.9 Å². The van der Waals surface area contributed by atoms with Gasteiger partial charge in [0, 0.05) is 6.20 Å².